The molecule has 2 aliphatic rings. The maximum Gasteiger partial charge on any atom is 0.252 e. The van der Waals surface area contributed by atoms with Gasteiger partial charge in [-0.1, -0.05) is 224 Å². The van der Waals surface area contributed by atoms with Crippen LogP contribution < -0.4 is 26.2 Å². The summed E-state index contributed by atoms with van der Waals surface area (Å²) in [6, 6.07) is 120. The molecule has 17 aromatic rings. The number of aromatic nitrogens is 2. The molecule has 0 atom stereocenters. The minimum atomic E-state index is -0.125. The summed E-state index contributed by atoms with van der Waals surface area (Å²) in [6.45, 7) is -0.125. The van der Waals surface area contributed by atoms with E-state index in [-0.39, 0.29) is 6.71 Å². The normalized spacial score (nSPS) is 12.7. The molecule has 4 nitrogen and oxygen atoms in total. The van der Waals surface area contributed by atoms with Crippen LogP contribution in [0.15, 0.2) is 322 Å². The molecule has 5 heteroatoms. The van der Waals surface area contributed by atoms with Crippen molar-refractivity contribution in [1.82, 2.24) is 8.97 Å². The van der Waals surface area contributed by atoms with Gasteiger partial charge < -0.3 is 18.8 Å². The molecule has 0 bridgehead atoms. The van der Waals surface area contributed by atoms with Crippen molar-refractivity contribution >= 4 is 117 Å². The lowest BCUT2D eigenvalue weighted by molar-refractivity contribution is 1.18. The third kappa shape index (κ3) is 7.55. The van der Waals surface area contributed by atoms with Crippen LogP contribution in [0.3, 0.4) is 0 Å². The average molecular weight is 1130 g/mol. The van der Waals surface area contributed by atoms with Gasteiger partial charge >= 0.3 is 0 Å². The molecule has 0 N–H and O–H groups in total. The molecule has 19 rings (SSSR count). The summed E-state index contributed by atoms with van der Waals surface area (Å²) in [5.41, 5.74) is 29.7. The fourth-order valence-corrected chi connectivity index (χ4v) is 15.2. The summed E-state index contributed by atoms with van der Waals surface area (Å²) in [6.07, 6.45) is 0. The van der Waals surface area contributed by atoms with E-state index in [1.807, 2.05) is 0 Å². The number of anilines is 6. The van der Waals surface area contributed by atoms with Gasteiger partial charge in [0.2, 0.25) is 0 Å². The van der Waals surface area contributed by atoms with Gasteiger partial charge in [-0.2, -0.15) is 0 Å². The van der Waals surface area contributed by atoms with Crippen LogP contribution in [0.25, 0.3) is 121 Å². The van der Waals surface area contributed by atoms with Gasteiger partial charge in [-0.25, -0.2) is 0 Å². The first-order chi connectivity index (χ1) is 44.1. The summed E-state index contributed by atoms with van der Waals surface area (Å²) >= 11 is 0. The monoisotopic (exact) mass is 1130 g/mol. The smallest absolute Gasteiger partial charge is 0.252 e. The Labute approximate surface area is 515 Å². The van der Waals surface area contributed by atoms with Crippen molar-refractivity contribution in [3.8, 4) is 61.3 Å². The minimum absolute atomic E-state index is 0.125. The zero-order valence-electron chi connectivity index (χ0n) is 48.5. The highest BCUT2D eigenvalue weighted by molar-refractivity contribution is 7.00. The molecule has 412 valence electrons. The molecule has 0 saturated carbocycles. The molecule has 0 fully saturated rings. The first-order valence-electron chi connectivity index (χ1n) is 30.8. The predicted octanol–water partition coefficient (Wildman–Crippen LogP) is 20.4. The predicted molar refractivity (Wildman–Crippen MR) is 377 cm³/mol. The largest absolute Gasteiger partial charge is 0.311 e. The van der Waals surface area contributed by atoms with Crippen LogP contribution in [-0.4, -0.2) is 15.7 Å². The molecule has 0 radical (unpaired) electrons. The molecule has 14 aromatic carbocycles. The first-order valence-corrected chi connectivity index (χ1v) is 30.8. The van der Waals surface area contributed by atoms with E-state index < -0.39 is 0 Å². The molecule has 3 aromatic heterocycles. The van der Waals surface area contributed by atoms with Crippen molar-refractivity contribution in [2.24, 2.45) is 0 Å². The van der Waals surface area contributed by atoms with Crippen molar-refractivity contribution in [2.45, 2.75) is 0 Å². The lowest BCUT2D eigenvalue weighted by atomic mass is 9.33. The third-order valence-electron chi connectivity index (χ3n) is 19.2. The molecule has 89 heavy (non-hydrogen) atoms. The Kier molecular flexibility index (Phi) is 10.8. The second kappa shape index (κ2) is 19.4. The van der Waals surface area contributed by atoms with Crippen LogP contribution in [0.1, 0.15) is 0 Å². The van der Waals surface area contributed by atoms with E-state index >= 15 is 0 Å². The van der Waals surface area contributed by atoms with Crippen molar-refractivity contribution < 1.29 is 0 Å². The highest BCUT2D eigenvalue weighted by Crippen LogP contribution is 2.49. The maximum absolute atomic E-state index is 2.58. The maximum atomic E-state index is 2.58. The number of rotatable bonds is 8. The van der Waals surface area contributed by atoms with Crippen molar-refractivity contribution in [1.29, 1.82) is 0 Å². The van der Waals surface area contributed by atoms with Crippen molar-refractivity contribution in [2.75, 3.05) is 9.80 Å². The highest BCUT2D eigenvalue weighted by atomic mass is 15.2. The molecule has 5 heterocycles. The number of benzene rings is 14. The quantitative estimate of drug-likeness (QED) is 0.141. The van der Waals surface area contributed by atoms with E-state index in [1.54, 1.807) is 0 Å². The molecule has 2 aliphatic heterocycles. The standard InChI is InChI=1S/C84H53BN4/c1-5-18-54(19-6-1)57-32-40-65(41-33-57)87-79-47-39-61(56-22-9-3-10-23-56)50-74(79)85-73-44-36-62(59-37-46-78-72(48-59)70-29-17-28-69-67-26-13-16-31-76(67)89(78)84(69)70)51-80(73)88(66-42-34-58(35-43-66)55-20-7-2-8-21-55)82-53-63(52-81(87)83(82)85)60-38-45-77-71(49-60)68-27-14-15-30-75(68)86(77)64-24-11-4-12-25-64/h1-53H. The first kappa shape index (κ1) is 49.6. The van der Waals surface area contributed by atoms with Crippen molar-refractivity contribution in [3.63, 3.8) is 0 Å². The average Bonchev–Trinajstić information content (AvgIpc) is 1.32. The number of hydrogen-bond donors (Lipinski definition) is 0. The van der Waals surface area contributed by atoms with Gasteiger partial charge in [0.25, 0.3) is 6.71 Å². The Bertz CT molecular complexity index is 5660. The zero-order chi connectivity index (χ0) is 58.3. The molecular weight excluding hydrogens is 1080 g/mol. The number of para-hydroxylation sites is 4. The Hall–Kier alpha value is -11.7. The van der Waals surface area contributed by atoms with Crippen LogP contribution >= 0.6 is 0 Å². The van der Waals surface area contributed by atoms with Crippen LogP contribution in [0, 0.1) is 0 Å². The Morgan fingerprint density at radius 1 is 0.213 bits per heavy atom. The fourth-order valence-electron chi connectivity index (χ4n) is 15.2. The van der Waals surface area contributed by atoms with Gasteiger partial charge in [-0.3, -0.25) is 0 Å². The molecular formula is C84H53BN4. The van der Waals surface area contributed by atoms with E-state index in [1.165, 1.54) is 126 Å². The summed E-state index contributed by atoms with van der Waals surface area (Å²) < 4.78 is 4.89. The summed E-state index contributed by atoms with van der Waals surface area (Å²) in [5.74, 6) is 0. The van der Waals surface area contributed by atoms with E-state index in [4.69, 9.17) is 0 Å². The summed E-state index contributed by atoms with van der Waals surface area (Å²) in [5, 5.41) is 7.56. The number of hydrogen-bond acceptors (Lipinski definition) is 2. The van der Waals surface area contributed by atoms with Gasteiger partial charge in [0.15, 0.2) is 0 Å². The van der Waals surface area contributed by atoms with Gasteiger partial charge in [-0.05, 0) is 169 Å². The Balaban J connectivity index is 0.883. The van der Waals surface area contributed by atoms with E-state index in [0.717, 1.165) is 45.3 Å². The second-order valence-electron chi connectivity index (χ2n) is 24.0. The Morgan fingerprint density at radius 2 is 0.618 bits per heavy atom. The molecule has 0 spiro atoms. The van der Waals surface area contributed by atoms with Gasteiger partial charge in [0.1, 0.15) is 0 Å². The molecule has 0 saturated heterocycles. The van der Waals surface area contributed by atoms with Crippen LogP contribution in [-0.2, 0) is 0 Å². The lowest BCUT2D eigenvalue weighted by Crippen LogP contribution is -2.61. The topological polar surface area (TPSA) is 15.8 Å². The van der Waals surface area contributed by atoms with E-state index in [0.29, 0.717) is 0 Å². The lowest BCUT2D eigenvalue weighted by Gasteiger charge is -2.44. The number of fused-ring (bicyclic) bond motifs is 13. The SMILES string of the molecule is c1ccc(-c2ccc(N3c4ccc(-c5ccccc5)cc4B4c5ccc(-c6ccc7c(c6)c6cccc8c9ccccc9n7c86)cc5N(c5ccc(-c6ccccc6)cc5)c5cc(-c6ccc7c(c6)c6ccccc6n7-c6ccccc6)cc3c54)cc2)cc1. The Morgan fingerprint density at radius 3 is 1.26 bits per heavy atom. The molecule has 0 unspecified atom stereocenters. The zero-order valence-corrected chi connectivity index (χ0v) is 48.5. The fraction of sp³-hybridized carbons (Fsp3) is 0. The third-order valence-corrected chi connectivity index (χ3v) is 19.2. The summed E-state index contributed by atoms with van der Waals surface area (Å²) in [4.78, 5) is 5.14. The second-order valence-corrected chi connectivity index (χ2v) is 24.0. The number of nitrogens with zero attached hydrogens (tertiary/aromatic N) is 4. The van der Waals surface area contributed by atoms with E-state index in [2.05, 4.69) is 340 Å². The molecule has 0 amide bonds. The van der Waals surface area contributed by atoms with Crippen molar-refractivity contribution in [3.05, 3.63) is 322 Å². The minimum Gasteiger partial charge on any atom is -0.311 e. The summed E-state index contributed by atoms with van der Waals surface area (Å²) in [7, 11) is 0. The van der Waals surface area contributed by atoms with Crippen LogP contribution in [0.4, 0.5) is 34.1 Å². The highest BCUT2D eigenvalue weighted by Gasteiger charge is 2.44. The van der Waals surface area contributed by atoms with Crippen LogP contribution in [0.5, 0.6) is 0 Å². The van der Waals surface area contributed by atoms with Gasteiger partial charge in [0.05, 0.1) is 27.6 Å². The van der Waals surface area contributed by atoms with E-state index in [9.17, 15) is 0 Å². The van der Waals surface area contributed by atoms with Crippen LogP contribution in [0.2, 0.25) is 0 Å². The van der Waals surface area contributed by atoms with Gasteiger partial charge in [0, 0.05) is 72.1 Å². The van der Waals surface area contributed by atoms with Gasteiger partial charge in [-0.15, -0.1) is 0 Å². The molecule has 0 aliphatic carbocycles.